The topological polar surface area (TPSA) is 77.6 Å². The van der Waals surface area contributed by atoms with Gasteiger partial charge >= 0.3 is 0 Å². The fourth-order valence-corrected chi connectivity index (χ4v) is 3.48. The van der Waals surface area contributed by atoms with Crippen molar-refractivity contribution in [3.63, 3.8) is 0 Å². The lowest BCUT2D eigenvalue weighted by Crippen LogP contribution is -2.38. The predicted molar refractivity (Wildman–Crippen MR) is 98.8 cm³/mol. The van der Waals surface area contributed by atoms with Crippen molar-refractivity contribution < 1.29 is 14.3 Å². The summed E-state index contributed by atoms with van der Waals surface area (Å²) < 4.78 is 7.73. The van der Waals surface area contributed by atoms with Crippen LogP contribution in [0.4, 0.5) is 0 Å². The molecule has 6 nitrogen and oxygen atoms in total. The molecule has 0 radical (unpaired) electrons. The SMILES string of the molecule is Cn1cccc1[C@H]1CCCCCN1C(=O)COc1ccc(C(N)=O)cc1. The fourth-order valence-electron chi connectivity index (χ4n) is 3.48. The third-order valence-corrected chi connectivity index (χ3v) is 4.90. The molecular formula is C20H25N3O3. The van der Waals surface area contributed by atoms with Crippen LogP contribution in [0, 0.1) is 0 Å². The molecule has 26 heavy (non-hydrogen) atoms. The summed E-state index contributed by atoms with van der Waals surface area (Å²) in [6.07, 6.45) is 6.26. The van der Waals surface area contributed by atoms with E-state index in [1.165, 1.54) is 0 Å². The van der Waals surface area contributed by atoms with Crippen LogP contribution in [-0.4, -0.2) is 34.4 Å². The highest BCUT2D eigenvalue weighted by Gasteiger charge is 2.28. The Morgan fingerprint density at radius 1 is 1.15 bits per heavy atom. The molecule has 6 heteroatoms. The minimum Gasteiger partial charge on any atom is -0.484 e. The maximum atomic E-state index is 12.8. The molecule has 1 aliphatic heterocycles. The molecule has 1 saturated heterocycles. The Hall–Kier alpha value is -2.76. The second-order valence-corrected chi connectivity index (χ2v) is 6.67. The first-order valence-corrected chi connectivity index (χ1v) is 8.99. The molecule has 1 fully saturated rings. The van der Waals surface area contributed by atoms with Crippen molar-refractivity contribution in [2.75, 3.05) is 13.2 Å². The van der Waals surface area contributed by atoms with Crippen molar-refractivity contribution >= 4 is 11.8 Å². The van der Waals surface area contributed by atoms with Crippen LogP contribution < -0.4 is 10.5 Å². The summed E-state index contributed by atoms with van der Waals surface area (Å²) in [7, 11) is 2.01. The van der Waals surface area contributed by atoms with Crippen LogP contribution >= 0.6 is 0 Å². The van der Waals surface area contributed by atoms with Gasteiger partial charge < -0.3 is 19.9 Å². The van der Waals surface area contributed by atoms with Gasteiger partial charge in [-0.1, -0.05) is 12.8 Å². The minimum absolute atomic E-state index is 0.0166. The summed E-state index contributed by atoms with van der Waals surface area (Å²) in [5, 5.41) is 0. The molecule has 1 aromatic heterocycles. The van der Waals surface area contributed by atoms with Crippen LogP contribution in [0.1, 0.15) is 47.8 Å². The average Bonchev–Trinajstić information content (AvgIpc) is 2.92. The number of likely N-dealkylation sites (tertiary alicyclic amines) is 1. The number of amides is 2. The molecule has 2 amide bonds. The summed E-state index contributed by atoms with van der Waals surface area (Å²) >= 11 is 0. The van der Waals surface area contributed by atoms with E-state index in [0.717, 1.165) is 37.9 Å². The van der Waals surface area contributed by atoms with Gasteiger partial charge in [0.15, 0.2) is 6.61 Å². The Labute approximate surface area is 153 Å². The molecular weight excluding hydrogens is 330 g/mol. The fraction of sp³-hybridized carbons (Fsp3) is 0.400. The molecule has 1 atom stereocenters. The van der Waals surface area contributed by atoms with E-state index in [1.54, 1.807) is 24.3 Å². The van der Waals surface area contributed by atoms with Gasteiger partial charge in [-0.3, -0.25) is 9.59 Å². The van der Waals surface area contributed by atoms with Gasteiger partial charge in [-0.25, -0.2) is 0 Å². The van der Waals surface area contributed by atoms with E-state index >= 15 is 0 Å². The van der Waals surface area contributed by atoms with Crippen molar-refractivity contribution in [1.29, 1.82) is 0 Å². The number of carbonyl (C=O) groups is 2. The highest BCUT2D eigenvalue weighted by molar-refractivity contribution is 5.92. The first-order valence-electron chi connectivity index (χ1n) is 8.99. The van der Waals surface area contributed by atoms with Crippen LogP contribution in [0.3, 0.4) is 0 Å². The number of hydrogen-bond acceptors (Lipinski definition) is 3. The Morgan fingerprint density at radius 2 is 1.92 bits per heavy atom. The molecule has 0 bridgehead atoms. The van der Waals surface area contributed by atoms with E-state index in [0.29, 0.717) is 11.3 Å². The number of carbonyl (C=O) groups excluding carboxylic acids is 2. The van der Waals surface area contributed by atoms with E-state index in [1.807, 2.05) is 24.2 Å². The lowest BCUT2D eigenvalue weighted by molar-refractivity contribution is -0.136. The van der Waals surface area contributed by atoms with Gasteiger partial charge in [0.25, 0.3) is 5.91 Å². The lowest BCUT2D eigenvalue weighted by Gasteiger charge is -2.30. The van der Waals surface area contributed by atoms with Crippen LogP contribution in [0.25, 0.3) is 0 Å². The standard InChI is InChI=1S/C20H25N3O3/c1-22-12-5-7-17(22)18-6-3-2-4-13-23(18)19(24)14-26-16-10-8-15(9-11-16)20(21)25/h5,7-12,18H,2-4,6,13-14H2,1H3,(H2,21,25)/t18-/m1/s1. The monoisotopic (exact) mass is 355 g/mol. The van der Waals surface area contributed by atoms with Gasteiger partial charge in [-0.2, -0.15) is 0 Å². The highest BCUT2D eigenvalue weighted by atomic mass is 16.5. The zero-order valence-corrected chi connectivity index (χ0v) is 15.1. The van der Waals surface area contributed by atoms with Crippen molar-refractivity contribution in [2.45, 2.75) is 31.7 Å². The summed E-state index contributed by atoms with van der Waals surface area (Å²) in [4.78, 5) is 25.9. The quantitative estimate of drug-likeness (QED) is 0.896. The molecule has 2 N–H and O–H groups in total. The summed E-state index contributed by atoms with van der Waals surface area (Å²) in [5.41, 5.74) is 6.80. The summed E-state index contributed by atoms with van der Waals surface area (Å²) in [6, 6.07) is 10.7. The molecule has 0 saturated carbocycles. The molecule has 3 rings (SSSR count). The number of primary amides is 1. The van der Waals surface area contributed by atoms with Crippen LogP contribution in [0.15, 0.2) is 42.6 Å². The zero-order valence-electron chi connectivity index (χ0n) is 15.1. The number of hydrogen-bond donors (Lipinski definition) is 1. The van der Waals surface area contributed by atoms with Crippen molar-refractivity contribution in [3.8, 4) is 5.75 Å². The largest absolute Gasteiger partial charge is 0.484 e. The first-order chi connectivity index (χ1) is 12.6. The van der Waals surface area contributed by atoms with Gasteiger partial charge in [0.05, 0.1) is 6.04 Å². The van der Waals surface area contributed by atoms with Gasteiger partial charge in [0, 0.05) is 31.0 Å². The number of nitrogens with two attached hydrogens (primary N) is 1. The van der Waals surface area contributed by atoms with Crippen LogP contribution in [-0.2, 0) is 11.8 Å². The molecule has 138 valence electrons. The normalized spacial score (nSPS) is 17.6. The maximum absolute atomic E-state index is 12.8. The van der Waals surface area contributed by atoms with Crippen molar-refractivity contribution in [3.05, 3.63) is 53.9 Å². The molecule has 1 aliphatic rings. The highest BCUT2D eigenvalue weighted by Crippen LogP contribution is 2.30. The maximum Gasteiger partial charge on any atom is 0.261 e. The number of aryl methyl sites for hydroxylation is 1. The van der Waals surface area contributed by atoms with Gasteiger partial charge in [0.2, 0.25) is 5.91 Å². The van der Waals surface area contributed by atoms with Crippen LogP contribution in [0.2, 0.25) is 0 Å². The average molecular weight is 355 g/mol. The van der Waals surface area contributed by atoms with Gasteiger partial charge in [-0.05, 0) is 49.2 Å². The van der Waals surface area contributed by atoms with Gasteiger partial charge in [-0.15, -0.1) is 0 Å². The molecule has 2 heterocycles. The van der Waals surface area contributed by atoms with E-state index in [4.69, 9.17) is 10.5 Å². The number of benzene rings is 1. The minimum atomic E-state index is -0.484. The van der Waals surface area contributed by atoms with Crippen molar-refractivity contribution in [1.82, 2.24) is 9.47 Å². The molecule has 0 aliphatic carbocycles. The van der Waals surface area contributed by atoms with E-state index < -0.39 is 5.91 Å². The Kier molecular flexibility index (Phi) is 5.61. The van der Waals surface area contributed by atoms with Crippen LogP contribution in [0.5, 0.6) is 5.75 Å². The number of nitrogens with zero attached hydrogens (tertiary/aromatic N) is 2. The number of ether oxygens (including phenoxy) is 1. The Morgan fingerprint density at radius 3 is 2.58 bits per heavy atom. The third kappa shape index (κ3) is 4.07. The second-order valence-electron chi connectivity index (χ2n) is 6.67. The van der Waals surface area contributed by atoms with Gasteiger partial charge in [0.1, 0.15) is 5.75 Å². The smallest absolute Gasteiger partial charge is 0.261 e. The number of rotatable bonds is 5. The zero-order chi connectivity index (χ0) is 18.5. The van der Waals surface area contributed by atoms with E-state index in [2.05, 4.69) is 10.6 Å². The van der Waals surface area contributed by atoms with Crippen molar-refractivity contribution in [2.24, 2.45) is 12.8 Å². The van der Waals surface area contributed by atoms with E-state index in [-0.39, 0.29) is 18.6 Å². The molecule has 2 aromatic rings. The summed E-state index contributed by atoms with van der Waals surface area (Å²) in [6.45, 7) is 0.732. The first kappa shape index (κ1) is 18.0. The molecule has 0 spiro atoms. The Balaban J connectivity index is 1.68. The number of aromatic nitrogens is 1. The molecule has 0 unspecified atom stereocenters. The Bertz CT molecular complexity index is 767. The third-order valence-electron chi connectivity index (χ3n) is 4.90. The van der Waals surface area contributed by atoms with E-state index in [9.17, 15) is 9.59 Å². The summed E-state index contributed by atoms with van der Waals surface area (Å²) in [5.74, 6) is 0.0493. The lowest BCUT2D eigenvalue weighted by atomic mass is 10.1. The molecule has 1 aromatic carbocycles. The second kappa shape index (κ2) is 8.08. The predicted octanol–water partition coefficient (Wildman–Crippen LogP) is 2.65.